The van der Waals surface area contributed by atoms with Gasteiger partial charge in [-0.15, -0.1) is 6.58 Å². The molecule has 0 fully saturated rings. The number of aryl methyl sites for hydroxylation is 1. The van der Waals surface area contributed by atoms with Gasteiger partial charge in [-0.25, -0.2) is 8.42 Å². The Morgan fingerprint density at radius 2 is 2.10 bits per heavy atom. The molecule has 0 aliphatic rings. The van der Waals surface area contributed by atoms with Gasteiger partial charge in [0.1, 0.15) is 4.90 Å². The SMILES string of the molecule is C=CCN(CCC)S(=O)(=O)c1c(CNCCC)n[nH]c1C. The molecular formula is C14H26N4O2S. The minimum absolute atomic E-state index is 0.293. The molecule has 1 rings (SSSR count). The maximum Gasteiger partial charge on any atom is 0.247 e. The van der Waals surface area contributed by atoms with Gasteiger partial charge in [0.2, 0.25) is 10.0 Å². The summed E-state index contributed by atoms with van der Waals surface area (Å²) in [5, 5.41) is 10.1. The molecule has 21 heavy (non-hydrogen) atoms. The first-order valence-corrected chi connectivity index (χ1v) is 8.78. The number of nitrogens with one attached hydrogen (secondary N) is 2. The van der Waals surface area contributed by atoms with Crippen LogP contribution in [0.4, 0.5) is 0 Å². The van der Waals surface area contributed by atoms with Crippen molar-refractivity contribution < 1.29 is 8.42 Å². The molecule has 2 N–H and O–H groups in total. The lowest BCUT2D eigenvalue weighted by atomic mass is 10.3. The first kappa shape index (κ1) is 17.9. The van der Waals surface area contributed by atoms with Crippen molar-refractivity contribution in [1.29, 1.82) is 0 Å². The molecule has 0 saturated carbocycles. The third kappa shape index (κ3) is 4.39. The molecule has 120 valence electrons. The van der Waals surface area contributed by atoms with E-state index in [9.17, 15) is 8.42 Å². The Morgan fingerprint density at radius 3 is 2.67 bits per heavy atom. The molecule has 6 nitrogen and oxygen atoms in total. The van der Waals surface area contributed by atoms with Crippen molar-refractivity contribution in [3.63, 3.8) is 0 Å². The van der Waals surface area contributed by atoms with E-state index < -0.39 is 10.0 Å². The van der Waals surface area contributed by atoms with Crippen molar-refractivity contribution in [1.82, 2.24) is 19.8 Å². The van der Waals surface area contributed by atoms with Gasteiger partial charge in [-0.05, 0) is 26.3 Å². The van der Waals surface area contributed by atoms with Crippen LogP contribution in [0.2, 0.25) is 0 Å². The largest absolute Gasteiger partial charge is 0.311 e. The molecule has 1 aromatic heterocycles. The Bertz CT molecular complexity index is 551. The number of hydrogen-bond acceptors (Lipinski definition) is 4. The fourth-order valence-electron chi connectivity index (χ4n) is 2.15. The lowest BCUT2D eigenvalue weighted by Gasteiger charge is -2.20. The first-order valence-electron chi connectivity index (χ1n) is 7.34. The summed E-state index contributed by atoms with van der Waals surface area (Å²) in [7, 11) is -3.55. The second-order valence-corrected chi connectivity index (χ2v) is 6.83. The highest BCUT2D eigenvalue weighted by Gasteiger charge is 2.29. The standard InChI is InChI=1S/C14H26N4O2S/c1-5-8-15-11-13-14(12(4)16-17-13)21(19,20)18(9-6-2)10-7-3/h6,15H,2,5,7-11H2,1,3-4H3,(H,16,17). The number of rotatable bonds is 10. The predicted octanol–water partition coefficient (Wildman–Crippen LogP) is 1.80. The smallest absolute Gasteiger partial charge is 0.247 e. The summed E-state index contributed by atoms with van der Waals surface area (Å²) in [4.78, 5) is 0.293. The lowest BCUT2D eigenvalue weighted by molar-refractivity contribution is 0.440. The molecule has 1 aromatic rings. The molecule has 0 radical (unpaired) electrons. The van der Waals surface area contributed by atoms with Crippen LogP contribution in [0.3, 0.4) is 0 Å². The molecule has 7 heteroatoms. The quantitative estimate of drug-likeness (QED) is 0.510. The van der Waals surface area contributed by atoms with E-state index in [0.29, 0.717) is 35.9 Å². The second-order valence-electron chi connectivity index (χ2n) is 4.95. The van der Waals surface area contributed by atoms with Gasteiger partial charge in [-0.1, -0.05) is 19.9 Å². The number of hydrogen-bond donors (Lipinski definition) is 2. The van der Waals surface area contributed by atoms with Gasteiger partial charge in [0.05, 0.1) is 11.4 Å². The number of aromatic nitrogens is 2. The van der Waals surface area contributed by atoms with Gasteiger partial charge in [0, 0.05) is 19.6 Å². The van der Waals surface area contributed by atoms with E-state index in [2.05, 4.69) is 29.0 Å². The molecule has 0 atom stereocenters. The van der Waals surface area contributed by atoms with Gasteiger partial charge in [0.15, 0.2) is 0 Å². The van der Waals surface area contributed by atoms with Crippen LogP contribution in [0, 0.1) is 6.92 Å². The van der Waals surface area contributed by atoms with Crippen LogP contribution in [0.5, 0.6) is 0 Å². The average molecular weight is 314 g/mol. The summed E-state index contributed by atoms with van der Waals surface area (Å²) in [5.74, 6) is 0. The summed E-state index contributed by atoms with van der Waals surface area (Å²) in [6.45, 7) is 11.5. The summed E-state index contributed by atoms with van der Waals surface area (Å²) in [5.41, 5.74) is 1.12. The van der Waals surface area contributed by atoms with Crippen LogP contribution in [0.1, 0.15) is 38.1 Å². The van der Waals surface area contributed by atoms with Crippen LogP contribution in [0.15, 0.2) is 17.6 Å². The van der Waals surface area contributed by atoms with E-state index in [1.807, 2.05) is 6.92 Å². The fourth-order valence-corrected chi connectivity index (χ4v) is 3.98. The Kier molecular flexibility index (Phi) is 7.07. The van der Waals surface area contributed by atoms with Crippen LogP contribution in [-0.4, -0.2) is 42.6 Å². The van der Waals surface area contributed by atoms with Crippen LogP contribution >= 0.6 is 0 Å². The zero-order valence-electron chi connectivity index (χ0n) is 13.1. The van der Waals surface area contributed by atoms with Gasteiger partial charge < -0.3 is 5.32 Å². The summed E-state index contributed by atoms with van der Waals surface area (Å²) >= 11 is 0. The van der Waals surface area contributed by atoms with Gasteiger partial charge in [-0.3, -0.25) is 5.10 Å². The predicted molar refractivity (Wildman–Crippen MR) is 84.6 cm³/mol. The summed E-state index contributed by atoms with van der Waals surface area (Å²) in [6, 6.07) is 0. The number of H-pyrrole nitrogens is 1. The minimum atomic E-state index is -3.55. The maximum atomic E-state index is 12.8. The molecule has 0 bridgehead atoms. The zero-order chi connectivity index (χ0) is 15.9. The number of sulfonamides is 1. The topological polar surface area (TPSA) is 78.1 Å². The molecule has 0 spiro atoms. The van der Waals surface area contributed by atoms with Crippen molar-refractivity contribution in [3.05, 3.63) is 24.0 Å². The Balaban J connectivity index is 3.10. The highest BCUT2D eigenvalue weighted by Crippen LogP contribution is 2.22. The van der Waals surface area contributed by atoms with Crippen molar-refractivity contribution >= 4 is 10.0 Å². The van der Waals surface area contributed by atoms with E-state index >= 15 is 0 Å². The fraction of sp³-hybridized carbons (Fsp3) is 0.643. The molecular weight excluding hydrogens is 288 g/mol. The van der Waals surface area contributed by atoms with E-state index in [-0.39, 0.29) is 0 Å². The molecule has 0 unspecified atom stereocenters. The van der Waals surface area contributed by atoms with Crippen LogP contribution in [0.25, 0.3) is 0 Å². The molecule has 0 aliphatic carbocycles. The summed E-state index contributed by atoms with van der Waals surface area (Å²) in [6.07, 6.45) is 3.36. The molecule has 0 saturated heterocycles. The summed E-state index contributed by atoms with van der Waals surface area (Å²) < 4.78 is 27.1. The third-order valence-electron chi connectivity index (χ3n) is 3.08. The van der Waals surface area contributed by atoms with E-state index in [1.54, 1.807) is 13.0 Å². The van der Waals surface area contributed by atoms with E-state index in [1.165, 1.54) is 4.31 Å². The van der Waals surface area contributed by atoms with Gasteiger partial charge in [0.25, 0.3) is 0 Å². The van der Waals surface area contributed by atoms with Gasteiger partial charge >= 0.3 is 0 Å². The normalized spacial score (nSPS) is 12.0. The van der Waals surface area contributed by atoms with Crippen molar-refractivity contribution in [2.45, 2.75) is 45.1 Å². The van der Waals surface area contributed by atoms with Gasteiger partial charge in [-0.2, -0.15) is 9.40 Å². The van der Waals surface area contributed by atoms with Crippen LogP contribution in [-0.2, 0) is 16.6 Å². The number of aromatic amines is 1. The van der Waals surface area contributed by atoms with E-state index in [0.717, 1.165) is 19.4 Å². The average Bonchev–Trinajstić information content (AvgIpc) is 2.80. The molecule has 0 aromatic carbocycles. The third-order valence-corrected chi connectivity index (χ3v) is 5.15. The first-order chi connectivity index (χ1) is 9.98. The monoisotopic (exact) mass is 314 g/mol. The highest BCUT2D eigenvalue weighted by molar-refractivity contribution is 7.89. The Morgan fingerprint density at radius 1 is 1.38 bits per heavy atom. The van der Waals surface area contributed by atoms with Crippen molar-refractivity contribution in [3.8, 4) is 0 Å². The highest BCUT2D eigenvalue weighted by atomic mass is 32.2. The molecule has 1 heterocycles. The van der Waals surface area contributed by atoms with Crippen molar-refractivity contribution in [2.24, 2.45) is 0 Å². The second kappa shape index (κ2) is 8.31. The van der Waals surface area contributed by atoms with Crippen molar-refractivity contribution in [2.75, 3.05) is 19.6 Å². The Hall–Kier alpha value is -1.18. The number of nitrogens with zero attached hydrogens (tertiary/aromatic N) is 2. The Labute approximate surface area is 127 Å². The molecule has 0 aliphatic heterocycles. The maximum absolute atomic E-state index is 12.8. The van der Waals surface area contributed by atoms with E-state index in [4.69, 9.17) is 0 Å². The zero-order valence-corrected chi connectivity index (χ0v) is 14.0. The lowest BCUT2D eigenvalue weighted by Crippen LogP contribution is -2.33. The molecule has 0 amide bonds. The van der Waals surface area contributed by atoms with Crippen LogP contribution < -0.4 is 5.32 Å². The minimum Gasteiger partial charge on any atom is -0.311 e.